The van der Waals surface area contributed by atoms with Gasteiger partial charge < -0.3 is 4.74 Å². The number of carbonyl (C=O) groups excluding carboxylic acids is 1. The quantitative estimate of drug-likeness (QED) is 0.476. The molecule has 4 rings (SSSR count). The van der Waals surface area contributed by atoms with Crippen LogP contribution < -0.4 is 0 Å². The van der Waals surface area contributed by atoms with Crippen molar-refractivity contribution in [3.8, 4) is 0 Å². The first-order chi connectivity index (χ1) is 11.4. The van der Waals surface area contributed by atoms with Crippen LogP contribution in [-0.4, -0.2) is 16.3 Å². The zero-order valence-corrected chi connectivity index (χ0v) is 13.5. The van der Waals surface area contributed by atoms with Crippen molar-refractivity contribution < 1.29 is 14.5 Å². The molecule has 0 amide bonds. The van der Waals surface area contributed by atoms with E-state index in [9.17, 15) is 14.9 Å². The monoisotopic (exact) mass is 323 g/mol. The lowest BCUT2D eigenvalue weighted by Gasteiger charge is -2.35. The van der Waals surface area contributed by atoms with Crippen LogP contribution in [0.25, 0.3) is 0 Å². The molecule has 0 N–H and O–H groups in total. The lowest BCUT2D eigenvalue weighted by Crippen LogP contribution is -2.40. The average molecular weight is 323 g/mol. The lowest BCUT2D eigenvalue weighted by molar-refractivity contribution is -0.385. The van der Waals surface area contributed by atoms with Crippen LogP contribution >= 0.6 is 0 Å². The molecule has 2 aromatic rings. The van der Waals surface area contributed by atoms with Crippen molar-refractivity contribution in [1.29, 1.82) is 0 Å². The van der Waals surface area contributed by atoms with Crippen LogP contribution in [-0.2, 0) is 10.2 Å². The van der Waals surface area contributed by atoms with Crippen molar-refractivity contribution in [2.45, 2.75) is 37.4 Å². The third-order valence-corrected chi connectivity index (χ3v) is 5.10. The number of fused-ring (bicyclic) bond motifs is 1. The number of nitro groups is 1. The number of epoxide rings is 1. The molecule has 1 aliphatic carbocycles. The van der Waals surface area contributed by atoms with Crippen molar-refractivity contribution in [1.82, 2.24) is 0 Å². The highest BCUT2D eigenvalue weighted by Gasteiger charge is 2.68. The number of para-hydroxylation sites is 1. The van der Waals surface area contributed by atoms with Gasteiger partial charge in [0.25, 0.3) is 5.69 Å². The molecule has 5 nitrogen and oxygen atoms in total. The van der Waals surface area contributed by atoms with Gasteiger partial charge in [0.1, 0.15) is 6.10 Å². The molecule has 0 saturated carbocycles. The highest BCUT2D eigenvalue weighted by molar-refractivity contribution is 6.07. The van der Waals surface area contributed by atoms with Crippen LogP contribution in [0.15, 0.2) is 48.5 Å². The average Bonchev–Trinajstić information content (AvgIpc) is 3.27. The predicted octanol–water partition coefficient (Wildman–Crippen LogP) is 3.97. The molecular weight excluding hydrogens is 306 g/mol. The molecule has 2 atom stereocenters. The van der Waals surface area contributed by atoms with Gasteiger partial charge in [0, 0.05) is 11.6 Å². The first-order valence-electron chi connectivity index (χ1n) is 7.92. The maximum atomic E-state index is 13.1. The van der Waals surface area contributed by atoms with E-state index in [1.165, 1.54) is 6.07 Å². The SMILES string of the molecule is CC1(C)C[C@@]2(O[C@H]2c2ccccc2[N+](=O)[O-])C(=O)c2ccccc21. The van der Waals surface area contributed by atoms with E-state index in [2.05, 4.69) is 13.8 Å². The van der Waals surface area contributed by atoms with Crippen molar-refractivity contribution in [3.05, 3.63) is 75.3 Å². The highest BCUT2D eigenvalue weighted by atomic mass is 16.6. The molecule has 24 heavy (non-hydrogen) atoms. The smallest absolute Gasteiger partial charge is 0.275 e. The number of ketones is 1. The Labute approximate surface area is 139 Å². The standard InChI is InChI=1S/C19H17NO4/c1-18(2)11-19(16(21)12-7-3-5-9-14(12)18)17(24-19)13-8-4-6-10-15(13)20(22)23/h3-10,17H,11H2,1-2H3/t17-,19+/m0/s1. The van der Waals surface area contributed by atoms with E-state index in [-0.39, 0.29) is 16.9 Å². The number of nitro benzene ring substituents is 1. The van der Waals surface area contributed by atoms with Crippen molar-refractivity contribution in [2.24, 2.45) is 0 Å². The van der Waals surface area contributed by atoms with E-state index in [1.54, 1.807) is 18.2 Å². The number of Topliss-reactive ketones (excluding diaryl/α,β-unsaturated/α-hetero) is 1. The number of hydrogen-bond acceptors (Lipinski definition) is 4. The van der Waals surface area contributed by atoms with Gasteiger partial charge in [0.2, 0.25) is 0 Å². The Balaban J connectivity index is 1.80. The maximum absolute atomic E-state index is 13.1. The second kappa shape index (κ2) is 4.74. The minimum absolute atomic E-state index is 0.00356. The van der Waals surface area contributed by atoms with Gasteiger partial charge in [-0.2, -0.15) is 0 Å². The molecule has 2 aromatic carbocycles. The first-order valence-corrected chi connectivity index (χ1v) is 7.92. The highest BCUT2D eigenvalue weighted by Crippen LogP contribution is 2.61. The van der Waals surface area contributed by atoms with E-state index in [0.29, 0.717) is 17.5 Å². The summed E-state index contributed by atoms with van der Waals surface area (Å²) in [4.78, 5) is 23.9. The third-order valence-electron chi connectivity index (χ3n) is 5.10. The van der Waals surface area contributed by atoms with Crippen LogP contribution in [0.1, 0.15) is 47.9 Å². The number of carbonyl (C=O) groups is 1. The van der Waals surface area contributed by atoms with E-state index in [0.717, 1.165) is 5.56 Å². The fourth-order valence-electron chi connectivity index (χ4n) is 4.00. The van der Waals surface area contributed by atoms with Gasteiger partial charge in [-0.15, -0.1) is 0 Å². The van der Waals surface area contributed by atoms with Crippen molar-refractivity contribution >= 4 is 11.5 Å². The van der Waals surface area contributed by atoms with Crippen LogP contribution in [0.5, 0.6) is 0 Å². The molecule has 2 aliphatic rings. The summed E-state index contributed by atoms with van der Waals surface area (Å²) in [5, 5.41) is 11.3. The van der Waals surface area contributed by atoms with Crippen molar-refractivity contribution in [3.63, 3.8) is 0 Å². The molecule has 1 fully saturated rings. The maximum Gasteiger partial charge on any atom is 0.275 e. The molecular formula is C19H17NO4. The largest absolute Gasteiger partial charge is 0.352 e. The second-order valence-corrected chi connectivity index (χ2v) is 7.14. The summed E-state index contributed by atoms with van der Waals surface area (Å²) in [5.74, 6) is -0.0689. The van der Waals surface area contributed by atoms with E-state index < -0.39 is 16.6 Å². The summed E-state index contributed by atoms with van der Waals surface area (Å²) in [5.41, 5.74) is 0.939. The Kier molecular flexibility index (Phi) is 2.97. The summed E-state index contributed by atoms with van der Waals surface area (Å²) in [6, 6.07) is 14.1. The zero-order chi connectivity index (χ0) is 17.1. The second-order valence-electron chi connectivity index (χ2n) is 7.14. The Hall–Kier alpha value is -2.53. The van der Waals surface area contributed by atoms with E-state index in [4.69, 9.17) is 4.74 Å². The molecule has 0 aromatic heterocycles. The molecule has 0 radical (unpaired) electrons. The normalized spacial score (nSPS) is 26.9. The molecule has 5 heteroatoms. The fraction of sp³-hybridized carbons (Fsp3) is 0.316. The number of rotatable bonds is 2. The first kappa shape index (κ1) is 15.0. The summed E-state index contributed by atoms with van der Waals surface area (Å²) >= 11 is 0. The van der Waals surface area contributed by atoms with Gasteiger partial charge in [0.15, 0.2) is 11.4 Å². The summed E-state index contributed by atoms with van der Waals surface area (Å²) in [6.45, 7) is 4.16. The Bertz CT molecular complexity index is 873. The van der Waals surface area contributed by atoms with Gasteiger partial charge in [0.05, 0.1) is 10.5 Å². The van der Waals surface area contributed by atoms with Gasteiger partial charge in [-0.1, -0.05) is 50.2 Å². The van der Waals surface area contributed by atoms with E-state index >= 15 is 0 Å². The number of benzene rings is 2. The Morgan fingerprint density at radius 2 is 1.79 bits per heavy atom. The summed E-state index contributed by atoms with van der Waals surface area (Å²) < 4.78 is 5.87. The minimum Gasteiger partial charge on any atom is -0.352 e. The molecule has 0 unspecified atom stereocenters. The molecule has 1 spiro atoms. The van der Waals surface area contributed by atoms with Crippen LogP contribution in [0.3, 0.4) is 0 Å². The Morgan fingerprint density at radius 1 is 1.12 bits per heavy atom. The fourth-order valence-corrected chi connectivity index (χ4v) is 4.00. The number of ether oxygens (including phenoxy) is 1. The molecule has 0 bridgehead atoms. The lowest BCUT2D eigenvalue weighted by atomic mass is 9.66. The van der Waals surface area contributed by atoms with E-state index in [1.807, 2.05) is 24.3 Å². The molecule has 122 valence electrons. The van der Waals surface area contributed by atoms with Crippen molar-refractivity contribution in [2.75, 3.05) is 0 Å². The van der Waals surface area contributed by atoms with Crippen LogP contribution in [0.4, 0.5) is 5.69 Å². The van der Waals surface area contributed by atoms with Gasteiger partial charge in [-0.3, -0.25) is 14.9 Å². The van der Waals surface area contributed by atoms with Gasteiger partial charge >= 0.3 is 0 Å². The predicted molar refractivity (Wildman–Crippen MR) is 88.1 cm³/mol. The third kappa shape index (κ3) is 1.94. The molecule has 1 heterocycles. The van der Waals surface area contributed by atoms with Crippen LogP contribution in [0.2, 0.25) is 0 Å². The topological polar surface area (TPSA) is 72.7 Å². The summed E-state index contributed by atoms with van der Waals surface area (Å²) in [6.07, 6.45) is -0.0359. The minimum atomic E-state index is -0.982. The van der Waals surface area contributed by atoms with Gasteiger partial charge in [-0.25, -0.2) is 0 Å². The van der Waals surface area contributed by atoms with Gasteiger partial charge in [-0.05, 0) is 23.5 Å². The number of nitrogens with zero attached hydrogens (tertiary/aromatic N) is 1. The zero-order valence-electron chi connectivity index (χ0n) is 13.5. The number of hydrogen-bond donors (Lipinski definition) is 0. The van der Waals surface area contributed by atoms with Crippen LogP contribution in [0, 0.1) is 10.1 Å². The molecule has 1 aliphatic heterocycles. The molecule has 1 saturated heterocycles. The summed E-state index contributed by atoms with van der Waals surface area (Å²) in [7, 11) is 0. The Morgan fingerprint density at radius 3 is 2.54 bits per heavy atom.